The molecule has 0 bridgehead atoms. The minimum atomic E-state index is 0.317. The van der Waals surface area contributed by atoms with E-state index in [9.17, 15) is 5.11 Å². The average Bonchev–Trinajstić information content (AvgIpc) is 2.44. The summed E-state index contributed by atoms with van der Waals surface area (Å²) in [7, 11) is 1.72. The number of likely N-dealkylation sites (tertiary alicyclic amines) is 1. The highest BCUT2D eigenvalue weighted by Crippen LogP contribution is 2.26. The van der Waals surface area contributed by atoms with Crippen LogP contribution in [0.4, 0.5) is 0 Å². The Balaban J connectivity index is 2.09. The summed E-state index contributed by atoms with van der Waals surface area (Å²) in [5, 5.41) is 9.30. The van der Waals surface area contributed by atoms with Crippen molar-refractivity contribution >= 4 is 0 Å². The van der Waals surface area contributed by atoms with Crippen molar-refractivity contribution in [3.63, 3.8) is 0 Å². The molecule has 1 aromatic rings. The Morgan fingerprint density at radius 1 is 1.32 bits per heavy atom. The maximum Gasteiger partial charge on any atom is 0.122 e. The first-order chi connectivity index (χ1) is 9.15. The van der Waals surface area contributed by atoms with Gasteiger partial charge in [-0.3, -0.25) is 4.90 Å². The lowest BCUT2D eigenvalue weighted by atomic mass is 9.97. The quantitative estimate of drug-likeness (QED) is 0.906. The minimum absolute atomic E-state index is 0.317. The van der Waals surface area contributed by atoms with Crippen LogP contribution >= 0.6 is 0 Å². The van der Waals surface area contributed by atoms with Gasteiger partial charge in [0.25, 0.3) is 0 Å². The maximum absolute atomic E-state index is 9.30. The molecule has 106 valence electrons. The summed E-state index contributed by atoms with van der Waals surface area (Å²) in [6, 6.07) is 4.23. The van der Waals surface area contributed by atoms with E-state index in [2.05, 4.69) is 30.9 Å². The number of piperidine rings is 1. The highest BCUT2D eigenvalue weighted by molar-refractivity contribution is 5.43. The Bertz CT molecular complexity index is 431. The molecule has 0 aromatic heterocycles. The summed E-state index contributed by atoms with van der Waals surface area (Å²) in [4.78, 5) is 2.46. The van der Waals surface area contributed by atoms with Crippen LogP contribution in [-0.2, 0) is 6.54 Å². The Kier molecular flexibility index (Phi) is 4.83. The number of nitrogens with zero attached hydrogens (tertiary/aromatic N) is 1. The topological polar surface area (TPSA) is 32.7 Å². The molecule has 0 amide bonds. The molecule has 1 aliphatic heterocycles. The van der Waals surface area contributed by atoms with Crippen molar-refractivity contribution < 1.29 is 9.84 Å². The van der Waals surface area contributed by atoms with Crippen LogP contribution in [0.1, 0.15) is 29.5 Å². The van der Waals surface area contributed by atoms with Crippen molar-refractivity contribution in [2.24, 2.45) is 5.92 Å². The normalized spacial score (nSPS) is 20.5. The van der Waals surface area contributed by atoms with Crippen molar-refractivity contribution in [1.82, 2.24) is 4.90 Å². The molecular weight excluding hydrogens is 238 g/mol. The Morgan fingerprint density at radius 3 is 2.79 bits per heavy atom. The molecule has 1 heterocycles. The maximum atomic E-state index is 9.30. The van der Waals surface area contributed by atoms with Gasteiger partial charge in [-0.05, 0) is 61.9 Å². The van der Waals surface area contributed by atoms with Gasteiger partial charge < -0.3 is 9.84 Å². The third kappa shape index (κ3) is 3.28. The van der Waals surface area contributed by atoms with E-state index in [1.807, 2.05) is 0 Å². The summed E-state index contributed by atoms with van der Waals surface area (Å²) in [5.74, 6) is 1.42. The molecule has 0 radical (unpaired) electrons. The van der Waals surface area contributed by atoms with Gasteiger partial charge in [0.05, 0.1) is 7.11 Å². The second-order valence-electron chi connectivity index (χ2n) is 5.60. The van der Waals surface area contributed by atoms with Crippen LogP contribution in [0.15, 0.2) is 12.1 Å². The zero-order valence-electron chi connectivity index (χ0n) is 12.3. The largest absolute Gasteiger partial charge is 0.496 e. The van der Waals surface area contributed by atoms with Crippen LogP contribution in [0.3, 0.4) is 0 Å². The molecule has 1 saturated heterocycles. The van der Waals surface area contributed by atoms with E-state index in [0.717, 1.165) is 31.8 Å². The van der Waals surface area contributed by atoms with Gasteiger partial charge in [-0.15, -0.1) is 0 Å². The van der Waals surface area contributed by atoms with Gasteiger partial charge in [-0.25, -0.2) is 0 Å². The van der Waals surface area contributed by atoms with Gasteiger partial charge in [0.2, 0.25) is 0 Å². The van der Waals surface area contributed by atoms with Crippen molar-refractivity contribution in [3.8, 4) is 5.75 Å². The number of ether oxygens (including phenoxy) is 1. The molecule has 1 fully saturated rings. The number of hydrogen-bond donors (Lipinski definition) is 1. The lowest BCUT2D eigenvalue weighted by Crippen LogP contribution is -2.36. The molecule has 1 atom stereocenters. The molecule has 0 aliphatic carbocycles. The van der Waals surface area contributed by atoms with E-state index >= 15 is 0 Å². The van der Waals surface area contributed by atoms with Crippen LogP contribution in [-0.4, -0.2) is 36.8 Å². The zero-order valence-corrected chi connectivity index (χ0v) is 12.3. The highest BCUT2D eigenvalue weighted by atomic mass is 16.5. The highest BCUT2D eigenvalue weighted by Gasteiger charge is 2.20. The number of benzene rings is 1. The summed E-state index contributed by atoms with van der Waals surface area (Å²) in [6.45, 7) is 7.73. The fourth-order valence-corrected chi connectivity index (χ4v) is 2.93. The zero-order chi connectivity index (χ0) is 13.8. The second-order valence-corrected chi connectivity index (χ2v) is 5.60. The van der Waals surface area contributed by atoms with E-state index in [4.69, 9.17) is 4.74 Å². The Hall–Kier alpha value is -1.06. The smallest absolute Gasteiger partial charge is 0.122 e. The minimum Gasteiger partial charge on any atom is -0.496 e. The van der Waals surface area contributed by atoms with Crippen LogP contribution < -0.4 is 4.74 Å². The number of hydrogen-bond acceptors (Lipinski definition) is 3. The molecule has 1 aliphatic rings. The molecule has 3 nitrogen and oxygen atoms in total. The summed E-state index contributed by atoms with van der Waals surface area (Å²) >= 11 is 0. The summed E-state index contributed by atoms with van der Waals surface area (Å²) < 4.78 is 5.36. The third-order valence-electron chi connectivity index (χ3n) is 4.32. The molecule has 3 heteroatoms. The van der Waals surface area contributed by atoms with Crippen LogP contribution in [0, 0.1) is 19.8 Å². The van der Waals surface area contributed by atoms with E-state index in [-0.39, 0.29) is 0 Å². The monoisotopic (exact) mass is 263 g/mol. The number of methoxy groups -OCH3 is 1. The molecule has 0 unspecified atom stereocenters. The van der Waals surface area contributed by atoms with Crippen LogP contribution in [0.2, 0.25) is 0 Å². The predicted octanol–water partition coefficient (Wildman–Crippen LogP) is 2.52. The second kappa shape index (κ2) is 6.40. The fraction of sp³-hybridized carbons (Fsp3) is 0.625. The van der Waals surface area contributed by atoms with Crippen molar-refractivity contribution in [2.75, 3.05) is 26.8 Å². The molecule has 0 saturated carbocycles. The standard InChI is InChI=1S/C16H25NO2/c1-12-13(2)16(19-3)7-6-15(12)10-17-8-4-5-14(9-17)11-18/h6-7,14,18H,4-5,8-11H2,1-3H3/t14-/m0/s1. The number of rotatable bonds is 4. The lowest BCUT2D eigenvalue weighted by molar-refractivity contribution is 0.115. The van der Waals surface area contributed by atoms with E-state index in [1.165, 1.54) is 23.1 Å². The van der Waals surface area contributed by atoms with Crippen LogP contribution in [0.5, 0.6) is 5.75 Å². The van der Waals surface area contributed by atoms with E-state index in [1.54, 1.807) is 7.11 Å². The number of aliphatic hydroxyl groups is 1. The van der Waals surface area contributed by atoms with Gasteiger partial charge in [0.1, 0.15) is 5.75 Å². The Labute approximate surface area is 116 Å². The Morgan fingerprint density at radius 2 is 2.11 bits per heavy atom. The van der Waals surface area contributed by atoms with Gasteiger partial charge >= 0.3 is 0 Å². The van der Waals surface area contributed by atoms with Crippen molar-refractivity contribution in [3.05, 3.63) is 28.8 Å². The SMILES string of the molecule is COc1ccc(CN2CCC[C@H](CO)C2)c(C)c1C. The molecule has 1 N–H and O–H groups in total. The third-order valence-corrected chi connectivity index (χ3v) is 4.32. The van der Waals surface area contributed by atoms with Crippen molar-refractivity contribution in [2.45, 2.75) is 33.2 Å². The molecule has 1 aromatic carbocycles. The summed E-state index contributed by atoms with van der Waals surface area (Å²) in [6.07, 6.45) is 2.35. The predicted molar refractivity (Wildman–Crippen MR) is 77.6 cm³/mol. The molecule has 2 rings (SSSR count). The molecule has 19 heavy (non-hydrogen) atoms. The first-order valence-electron chi connectivity index (χ1n) is 7.12. The van der Waals surface area contributed by atoms with Gasteiger partial charge in [-0.1, -0.05) is 6.07 Å². The lowest BCUT2D eigenvalue weighted by Gasteiger charge is -2.32. The average molecular weight is 263 g/mol. The fourth-order valence-electron chi connectivity index (χ4n) is 2.93. The van der Waals surface area contributed by atoms with Gasteiger partial charge in [-0.2, -0.15) is 0 Å². The van der Waals surface area contributed by atoms with Gasteiger partial charge in [0, 0.05) is 19.7 Å². The number of aliphatic hydroxyl groups excluding tert-OH is 1. The summed E-state index contributed by atoms with van der Waals surface area (Å²) in [5.41, 5.74) is 3.93. The first kappa shape index (κ1) is 14.4. The molecule has 0 spiro atoms. The van der Waals surface area contributed by atoms with Crippen LogP contribution in [0.25, 0.3) is 0 Å². The van der Waals surface area contributed by atoms with E-state index < -0.39 is 0 Å². The first-order valence-corrected chi connectivity index (χ1v) is 7.12. The van der Waals surface area contributed by atoms with Crippen molar-refractivity contribution in [1.29, 1.82) is 0 Å². The molecular formula is C16H25NO2. The van der Waals surface area contributed by atoms with E-state index in [0.29, 0.717) is 12.5 Å². The van der Waals surface area contributed by atoms with Gasteiger partial charge in [0.15, 0.2) is 0 Å².